The number of ketones is 1. The third kappa shape index (κ3) is 5.04. The van der Waals surface area contributed by atoms with Crippen LogP contribution in [0.15, 0.2) is 24.3 Å². The average molecular weight is 279 g/mol. The summed E-state index contributed by atoms with van der Waals surface area (Å²) >= 11 is 0. The molecule has 2 nitrogen and oxygen atoms in total. The van der Waals surface area contributed by atoms with Crippen molar-refractivity contribution in [3.8, 4) is 0 Å². The fourth-order valence-electron chi connectivity index (χ4n) is 2.53. The van der Waals surface area contributed by atoms with E-state index in [0.29, 0.717) is 24.1 Å². The minimum atomic E-state index is -0.305. The number of nitrogens with zero attached hydrogens (tertiary/aromatic N) is 1. The zero-order chi connectivity index (χ0) is 15.1. The molecule has 0 saturated carbocycles. The van der Waals surface area contributed by atoms with E-state index in [1.54, 1.807) is 12.1 Å². The van der Waals surface area contributed by atoms with Crippen molar-refractivity contribution in [2.24, 2.45) is 5.92 Å². The normalized spacial score (nSPS) is 11.6. The van der Waals surface area contributed by atoms with Crippen molar-refractivity contribution in [2.45, 2.75) is 46.6 Å². The van der Waals surface area contributed by atoms with Gasteiger partial charge in [-0.25, -0.2) is 4.39 Å². The number of carbonyl (C=O) groups is 1. The van der Waals surface area contributed by atoms with Crippen LogP contribution in [-0.2, 0) is 0 Å². The van der Waals surface area contributed by atoms with E-state index < -0.39 is 0 Å². The highest BCUT2D eigenvalue weighted by molar-refractivity contribution is 5.97. The molecule has 0 fully saturated rings. The van der Waals surface area contributed by atoms with Gasteiger partial charge in [0.05, 0.1) is 6.54 Å². The highest BCUT2D eigenvalue weighted by Gasteiger charge is 2.20. The van der Waals surface area contributed by atoms with Crippen LogP contribution in [0.5, 0.6) is 0 Å². The molecular weight excluding hydrogens is 253 g/mol. The van der Waals surface area contributed by atoms with Crippen LogP contribution in [0.1, 0.15) is 50.9 Å². The Morgan fingerprint density at radius 3 is 2.15 bits per heavy atom. The Morgan fingerprint density at radius 2 is 1.70 bits per heavy atom. The lowest BCUT2D eigenvalue weighted by Gasteiger charge is -2.31. The lowest BCUT2D eigenvalue weighted by Crippen LogP contribution is -2.40. The van der Waals surface area contributed by atoms with E-state index in [0.717, 1.165) is 19.4 Å². The summed E-state index contributed by atoms with van der Waals surface area (Å²) < 4.78 is 12.9. The van der Waals surface area contributed by atoms with Gasteiger partial charge in [0.25, 0.3) is 0 Å². The van der Waals surface area contributed by atoms with Gasteiger partial charge in [0.2, 0.25) is 0 Å². The molecule has 0 aromatic heterocycles. The molecule has 0 bridgehead atoms. The monoisotopic (exact) mass is 279 g/mol. The minimum absolute atomic E-state index is 0.0672. The number of Topliss-reactive ketones (excluding diaryl/α,β-unsaturated/α-hetero) is 1. The van der Waals surface area contributed by atoms with Crippen LogP contribution in [0.4, 0.5) is 4.39 Å². The van der Waals surface area contributed by atoms with E-state index in [9.17, 15) is 9.18 Å². The van der Waals surface area contributed by atoms with Gasteiger partial charge in [-0.15, -0.1) is 0 Å². The van der Waals surface area contributed by atoms with Crippen molar-refractivity contribution in [1.29, 1.82) is 0 Å². The number of carbonyl (C=O) groups excluding carboxylic acids is 1. The molecule has 0 radical (unpaired) electrons. The molecule has 0 unspecified atom stereocenters. The Labute approximate surface area is 122 Å². The van der Waals surface area contributed by atoms with Gasteiger partial charge in [-0.05, 0) is 43.0 Å². The zero-order valence-corrected chi connectivity index (χ0v) is 13.0. The molecule has 1 aromatic rings. The molecule has 0 aliphatic heterocycles. The van der Waals surface area contributed by atoms with Crippen molar-refractivity contribution in [2.75, 3.05) is 13.1 Å². The fraction of sp³-hybridized carbons (Fsp3) is 0.588. The Balaban J connectivity index is 2.77. The first-order valence-corrected chi connectivity index (χ1v) is 7.50. The summed E-state index contributed by atoms with van der Waals surface area (Å²) in [6, 6.07) is 6.26. The Morgan fingerprint density at radius 1 is 1.15 bits per heavy atom. The molecule has 0 N–H and O–H groups in total. The fourth-order valence-corrected chi connectivity index (χ4v) is 2.53. The molecule has 20 heavy (non-hydrogen) atoms. The second-order valence-corrected chi connectivity index (χ2v) is 5.72. The maximum absolute atomic E-state index is 12.9. The van der Waals surface area contributed by atoms with E-state index in [1.165, 1.54) is 12.1 Å². The highest BCUT2D eigenvalue weighted by Crippen LogP contribution is 2.13. The molecule has 0 aliphatic carbocycles. The molecule has 1 rings (SSSR count). The second-order valence-electron chi connectivity index (χ2n) is 5.72. The maximum atomic E-state index is 12.9. The summed E-state index contributed by atoms with van der Waals surface area (Å²) in [6.45, 7) is 9.97. The maximum Gasteiger partial charge on any atom is 0.176 e. The predicted octanol–water partition coefficient (Wildman–Crippen LogP) is 4.16. The summed E-state index contributed by atoms with van der Waals surface area (Å²) in [4.78, 5) is 14.6. The van der Waals surface area contributed by atoms with E-state index in [-0.39, 0.29) is 11.6 Å². The largest absolute Gasteiger partial charge is 0.293 e. The topological polar surface area (TPSA) is 20.3 Å². The number of halogens is 1. The number of benzene rings is 1. The molecule has 0 saturated heterocycles. The van der Waals surface area contributed by atoms with Gasteiger partial charge in [0, 0.05) is 18.2 Å². The summed E-state index contributed by atoms with van der Waals surface area (Å²) in [5.74, 6) is 0.287. The van der Waals surface area contributed by atoms with Gasteiger partial charge in [0.15, 0.2) is 5.78 Å². The SMILES string of the molecule is CCC(CC)N(CC(=O)c1ccc(F)cc1)CC(C)C. The molecule has 1 aromatic carbocycles. The number of hydrogen-bond acceptors (Lipinski definition) is 2. The van der Waals surface area contributed by atoms with Crippen molar-refractivity contribution in [3.63, 3.8) is 0 Å². The minimum Gasteiger partial charge on any atom is -0.293 e. The number of hydrogen-bond donors (Lipinski definition) is 0. The Bertz CT molecular complexity index is 410. The summed E-state index contributed by atoms with van der Waals surface area (Å²) in [6.07, 6.45) is 2.08. The molecule has 0 spiro atoms. The van der Waals surface area contributed by atoms with Crippen LogP contribution in [0.3, 0.4) is 0 Å². The Kier molecular flexibility index (Phi) is 6.86. The zero-order valence-electron chi connectivity index (χ0n) is 13.0. The molecule has 3 heteroatoms. The summed E-state index contributed by atoms with van der Waals surface area (Å²) in [5, 5.41) is 0. The van der Waals surface area contributed by atoms with Crippen molar-refractivity contribution in [1.82, 2.24) is 4.90 Å². The lowest BCUT2D eigenvalue weighted by atomic mass is 10.0. The van der Waals surface area contributed by atoms with Gasteiger partial charge >= 0.3 is 0 Å². The average Bonchev–Trinajstić information content (AvgIpc) is 2.40. The molecule has 112 valence electrons. The van der Waals surface area contributed by atoms with Gasteiger partial charge in [0.1, 0.15) is 5.82 Å². The first-order valence-electron chi connectivity index (χ1n) is 7.50. The van der Waals surface area contributed by atoms with E-state index in [1.807, 2.05) is 0 Å². The van der Waals surface area contributed by atoms with Crippen LogP contribution in [0, 0.1) is 11.7 Å². The summed E-state index contributed by atoms with van der Waals surface area (Å²) in [7, 11) is 0. The summed E-state index contributed by atoms with van der Waals surface area (Å²) in [5.41, 5.74) is 0.589. The predicted molar refractivity (Wildman–Crippen MR) is 81.5 cm³/mol. The Hall–Kier alpha value is -1.22. The van der Waals surface area contributed by atoms with Crippen LogP contribution >= 0.6 is 0 Å². The molecule has 0 amide bonds. The van der Waals surface area contributed by atoms with Crippen molar-refractivity contribution >= 4 is 5.78 Å². The van der Waals surface area contributed by atoms with E-state index in [2.05, 4.69) is 32.6 Å². The third-order valence-electron chi connectivity index (χ3n) is 3.57. The first kappa shape index (κ1) is 16.8. The van der Waals surface area contributed by atoms with Gasteiger partial charge in [-0.2, -0.15) is 0 Å². The number of rotatable bonds is 8. The lowest BCUT2D eigenvalue weighted by molar-refractivity contribution is 0.0866. The highest BCUT2D eigenvalue weighted by atomic mass is 19.1. The molecule has 0 aliphatic rings. The third-order valence-corrected chi connectivity index (χ3v) is 3.57. The van der Waals surface area contributed by atoms with Crippen LogP contribution in [0.2, 0.25) is 0 Å². The standard InChI is InChI=1S/C17H26FNO/c1-5-16(6-2)19(11-13(3)4)12-17(20)14-7-9-15(18)10-8-14/h7-10,13,16H,5-6,11-12H2,1-4H3. The van der Waals surface area contributed by atoms with Gasteiger partial charge < -0.3 is 0 Å². The quantitative estimate of drug-likeness (QED) is 0.666. The van der Waals surface area contributed by atoms with E-state index in [4.69, 9.17) is 0 Å². The molecule has 0 heterocycles. The first-order chi connectivity index (χ1) is 9.47. The molecule has 0 atom stereocenters. The van der Waals surface area contributed by atoms with Crippen molar-refractivity contribution < 1.29 is 9.18 Å². The van der Waals surface area contributed by atoms with Gasteiger partial charge in [-0.3, -0.25) is 9.69 Å². The van der Waals surface area contributed by atoms with Crippen LogP contribution in [-0.4, -0.2) is 29.8 Å². The van der Waals surface area contributed by atoms with Gasteiger partial charge in [-0.1, -0.05) is 27.7 Å². The van der Waals surface area contributed by atoms with Crippen molar-refractivity contribution in [3.05, 3.63) is 35.6 Å². The van der Waals surface area contributed by atoms with Crippen LogP contribution in [0.25, 0.3) is 0 Å². The smallest absolute Gasteiger partial charge is 0.176 e. The molecular formula is C17H26FNO. The van der Waals surface area contributed by atoms with E-state index >= 15 is 0 Å². The second kappa shape index (κ2) is 8.15. The van der Waals surface area contributed by atoms with Crippen LogP contribution < -0.4 is 0 Å².